The second-order valence-corrected chi connectivity index (χ2v) is 7.60. The number of methoxy groups -OCH3 is 1. The van der Waals surface area contributed by atoms with Crippen LogP contribution in [0.4, 0.5) is 10.6 Å². The van der Waals surface area contributed by atoms with Gasteiger partial charge in [-0.3, -0.25) is 5.32 Å². The van der Waals surface area contributed by atoms with Crippen LogP contribution in [0, 0.1) is 23.2 Å². The fraction of sp³-hybridized carbons (Fsp3) is 0.409. The summed E-state index contributed by atoms with van der Waals surface area (Å²) in [7, 11) is 1.29. The van der Waals surface area contributed by atoms with Crippen molar-refractivity contribution in [3.63, 3.8) is 0 Å². The van der Waals surface area contributed by atoms with Crippen molar-refractivity contribution in [2.75, 3.05) is 19.0 Å². The van der Waals surface area contributed by atoms with E-state index in [0.717, 1.165) is 23.1 Å². The van der Waals surface area contributed by atoms with Crippen molar-refractivity contribution in [2.24, 2.45) is 11.8 Å². The van der Waals surface area contributed by atoms with Crippen LogP contribution in [0.5, 0.6) is 11.5 Å². The Bertz CT molecular complexity index is 950. The molecule has 0 saturated heterocycles. The van der Waals surface area contributed by atoms with E-state index in [0.29, 0.717) is 41.3 Å². The molecule has 1 aliphatic rings. The molecule has 2 heterocycles. The number of hydrogen-bond donors (Lipinski definition) is 1. The summed E-state index contributed by atoms with van der Waals surface area (Å²) < 4.78 is 16.4. The molecule has 152 valence electrons. The van der Waals surface area contributed by atoms with E-state index in [2.05, 4.69) is 41.9 Å². The Kier molecular flexibility index (Phi) is 6.23. The third kappa shape index (κ3) is 4.60. The molecule has 1 aromatic carbocycles. The number of nitrogens with zero attached hydrogens (tertiary/aromatic N) is 2. The lowest BCUT2D eigenvalue weighted by atomic mass is 9.96. The highest BCUT2D eigenvalue weighted by atomic mass is 16.5. The van der Waals surface area contributed by atoms with Crippen molar-refractivity contribution in [3.05, 3.63) is 35.5 Å². The van der Waals surface area contributed by atoms with E-state index >= 15 is 0 Å². The number of carbonyl (C=O) groups is 1. The number of rotatable bonds is 6. The first-order valence-electron chi connectivity index (χ1n) is 9.59. The normalized spacial score (nSPS) is 12.8. The molecule has 0 radical (unpaired) electrons. The minimum Gasteiger partial charge on any atom is -0.492 e. The lowest BCUT2D eigenvalue weighted by Gasteiger charge is -2.23. The summed E-state index contributed by atoms with van der Waals surface area (Å²) in [6.07, 6.45) is 2.11. The van der Waals surface area contributed by atoms with Gasteiger partial charge in [-0.05, 0) is 42.0 Å². The van der Waals surface area contributed by atoms with Gasteiger partial charge in [-0.15, -0.1) is 0 Å². The average molecular weight is 395 g/mol. The first kappa shape index (κ1) is 20.5. The highest BCUT2D eigenvalue weighted by Gasteiger charge is 2.24. The Morgan fingerprint density at radius 3 is 2.83 bits per heavy atom. The third-order valence-electron chi connectivity index (χ3n) is 4.69. The predicted octanol–water partition coefficient (Wildman–Crippen LogP) is 4.75. The van der Waals surface area contributed by atoms with Gasteiger partial charge in [0.25, 0.3) is 0 Å². The largest absolute Gasteiger partial charge is 0.492 e. The summed E-state index contributed by atoms with van der Waals surface area (Å²) in [6, 6.07) is 7.64. The Morgan fingerprint density at radius 2 is 2.14 bits per heavy atom. The number of hydrogen-bond acceptors (Lipinski definition) is 6. The zero-order valence-electron chi connectivity index (χ0n) is 17.1. The molecular weight excluding hydrogens is 370 g/mol. The maximum Gasteiger partial charge on any atom is 0.412 e. The molecule has 0 aliphatic carbocycles. The molecule has 7 heteroatoms. The summed E-state index contributed by atoms with van der Waals surface area (Å²) in [5.41, 5.74) is 2.87. The van der Waals surface area contributed by atoms with Gasteiger partial charge in [-0.2, -0.15) is 5.26 Å². The number of aromatic nitrogens is 1. The van der Waals surface area contributed by atoms with Crippen LogP contribution in [-0.2, 0) is 11.3 Å². The lowest BCUT2D eigenvalue weighted by Crippen LogP contribution is -2.14. The van der Waals surface area contributed by atoms with Gasteiger partial charge in [-0.25, -0.2) is 9.78 Å². The van der Waals surface area contributed by atoms with Crippen LogP contribution in [0.25, 0.3) is 11.1 Å². The molecule has 0 saturated carbocycles. The lowest BCUT2D eigenvalue weighted by molar-refractivity contribution is 0.187. The number of fused-ring (bicyclic) bond motifs is 3. The maximum atomic E-state index is 11.5. The number of pyridine rings is 1. The zero-order chi connectivity index (χ0) is 21.0. The number of amides is 1. The van der Waals surface area contributed by atoms with Crippen LogP contribution < -0.4 is 14.8 Å². The van der Waals surface area contributed by atoms with E-state index < -0.39 is 6.09 Å². The first-order chi connectivity index (χ1) is 13.9. The van der Waals surface area contributed by atoms with Crippen molar-refractivity contribution in [1.29, 1.82) is 5.26 Å². The van der Waals surface area contributed by atoms with Gasteiger partial charge in [0, 0.05) is 17.3 Å². The van der Waals surface area contributed by atoms with E-state index in [1.807, 2.05) is 6.07 Å². The molecule has 1 unspecified atom stereocenters. The topological polar surface area (TPSA) is 93.5 Å². The fourth-order valence-electron chi connectivity index (χ4n) is 3.48. The van der Waals surface area contributed by atoms with Crippen LogP contribution >= 0.6 is 0 Å². The number of nitriles is 1. The first-order valence-corrected chi connectivity index (χ1v) is 9.59. The minimum absolute atomic E-state index is 0.287. The van der Waals surface area contributed by atoms with Gasteiger partial charge in [-0.1, -0.05) is 20.8 Å². The molecule has 1 amide bonds. The molecule has 0 fully saturated rings. The molecule has 1 aromatic heterocycles. The van der Waals surface area contributed by atoms with Gasteiger partial charge in [0.05, 0.1) is 13.7 Å². The highest BCUT2D eigenvalue weighted by Crippen LogP contribution is 2.43. The summed E-state index contributed by atoms with van der Waals surface area (Å²) in [5.74, 6) is 2.35. The number of carbonyl (C=O) groups excluding carboxylic acids is 1. The Balaban J connectivity index is 1.90. The van der Waals surface area contributed by atoms with Gasteiger partial charge >= 0.3 is 6.09 Å². The standard InChI is InChI=1S/C22H25N3O4/c1-13(2)7-14(3)11-28-19-6-5-16-17-8-20(25-22(26)27-4)24-10-15(17)12-29-21(16)18(19)9-23/h5-6,8,10,13-14H,7,11-12H2,1-4H3,(H,24,25,26). The summed E-state index contributed by atoms with van der Waals surface area (Å²) in [6.45, 7) is 7.33. The minimum atomic E-state index is -0.596. The maximum absolute atomic E-state index is 11.5. The van der Waals surface area contributed by atoms with Crippen LogP contribution in [0.2, 0.25) is 0 Å². The van der Waals surface area contributed by atoms with Crippen LogP contribution in [0.1, 0.15) is 38.3 Å². The monoisotopic (exact) mass is 395 g/mol. The van der Waals surface area contributed by atoms with Crippen molar-refractivity contribution >= 4 is 11.9 Å². The summed E-state index contributed by atoms with van der Waals surface area (Å²) >= 11 is 0. The second-order valence-electron chi connectivity index (χ2n) is 7.60. The molecular formula is C22H25N3O4. The zero-order valence-corrected chi connectivity index (χ0v) is 17.1. The van der Waals surface area contributed by atoms with Gasteiger partial charge in [0.2, 0.25) is 0 Å². The number of nitrogens with one attached hydrogen (secondary N) is 1. The third-order valence-corrected chi connectivity index (χ3v) is 4.69. The van der Waals surface area contributed by atoms with Crippen molar-refractivity contribution in [2.45, 2.75) is 33.8 Å². The predicted molar refractivity (Wildman–Crippen MR) is 109 cm³/mol. The molecule has 7 nitrogen and oxygen atoms in total. The Hall–Kier alpha value is -3.27. The van der Waals surface area contributed by atoms with E-state index in [1.54, 1.807) is 18.3 Å². The molecule has 2 aromatic rings. The Morgan fingerprint density at radius 1 is 1.34 bits per heavy atom. The van der Waals surface area contributed by atoms with Gasteiger partial charge < -0.3 is 14.2 Å². The summed E-state index contributed by atoms with van der Waals surface area (Å²) in [4.78, 5) is 15.7. The molecule has 1 N–H and O–H groups in total. The molecule has 1 atom stereocenters. The van der Waals surface area contributed by atoms with Gasteiger partial charge in [0.15, 0.2) is 0 Å². The SMILES string of the molecule is COC(=O)Nc1cc2c(cn1)COc1c-2ccc(OCC(C)CC(C)C)c1C#N. The van der Waals surface area contributed by atoms with E-state index in [-0.39, 0.29) is 6.61 Å². The molecule has 0 spiro atoms. The van der Waals surface area contributed by atoms with Crippen molar-refractivity contribution in [1.82, 2.24) is 4.98 Å². The number of benzene rings is 1. The van der Waals surface area contributed by atoms with Crippen molar-refractivity contribution in [3.8, 4) is 28.7 Å². The van der Waals surface area contributed by atoms with Crippen LogP contribution in [-0.4, -0.2) is 24.8 Å². The second kappa shape index (κ2) is 8.82. The van der Waals surface area contributed by atoms with Gasteiger partial charge in [0.1, 0.15) is 35.6 Å². The molecule has 0 bridgehead atoms. The van der Waals surface area contributed by atoms with E-state index in [4.69, 9.17) is 9.47 Å². The number of ether oxygens (including phenoxy) is 3. The molecule has 29 heavy (non-hydrogen) atoms. The smallest absolute Gasteiger partial charge is 0.412 e. The fourth-order valence-corrected chi connectivity index (χ4v) is 3.48. The quantitative estimate of drug-likeness (QED) is 0.758. The average Bonchev–Trinajstić information content (AvgIpc) is 2.70. The Labute approximate surface area is 170 Å². The molecule has 1 aliphatic heterocycles. The van der Waals surface area contributed by atoms with E-state index in [9.17, 15) is 10.1 Å². The highest BCUT2D eigenvalue weighted by molar-refractivity contribution is 5.86. The number of anilines is 1. The van der Waals surface area contributed by atoms with Crippen molar-refractivity contribution < 1.29 is 19.0 Å². The van der Waals surface area contributed by atoms with Crippen LogP contribution in [0.15, 0.2) is 24.4 Å². The van der Waals surface area contributed by atoms with Crippen LogP contribution in [0.3, 0.4) is 0 Å². The molecule has 3 rings (SSSR count). The van der Waals surface area contributed by atoms with E-state index in [1.165, 1.54) is 7.11 Å². The summed E-state index contributed by atoms with van der Waals surface area (Å²) in [5, 5.41) is 12.3.